The van der Waals surface area contributed by atoms with Crippen molar-refractivity contribution in [2.75, 3.05) is 18.4 Å². The zero-order valence-corrected chi connectivity index (χ0v) is 13.7. The number of nitrogens with one attached hydrogen (secondary N) is 1. The van der Waals surface area contributed by atoms with Gasteiger partial charge in [0.15, 0.2) is 0 Å². The topological polar surface area (TPSA) is 49.4 Å². The third-order valence-electron chi connectivity index (χ3n) is 3.50. The standard InChI is InChI=1S/C17H26N2O2/c1-6-7-8-19(15(5)20)11-16(21)18-17-13(3)9-12(2)10-14(17)4/h9-10H,6-8,11H2,1-5H3,(H,18,21). The first-order chi connectivity index (χ1) is 9.85. The van der Waals surface area contributed by atoms with Gasteiger partial charge in [-0.3, -0.25) is 9.59 Å². The van der Waals surface area contributed by atoms with Gasteiger partial charge in [0.05, 0.1) is 6.54 Å². The molecule has 0 saturated heterocycles. The van der Waals surface area contributed by atoms with Crippen molar-refractivity contribution in [2.45, 2.75) is 47.5 Å². The molecule has 4 nitrogen and oxygen atoms in total. The molecule has 4 heteroatoms. The highest BCUT2D eigenvalue weighted by atomic mass is 16.2. The van der Waals surface area contributed by atoms with Crippen LogP contribution < -0.4 is 5.32 Å². The van der Waals surface area contributed by atoms with Crippen LogP contribution >= 0.6 is 0 Å². The Kier molecular flexibility index (Phi) is 6.40. The van der Waals surface area contributed by atoms with E-state index < -0.39 is 0 Å². The summed E-state index contributed by atoms with van der Waals surface area (Å²) in [5.74, 6) is -0.202. The minimum atomic E-state index is -0.142. The molecular weight excluding hydrogens is 264 g/mol. The van der Waals surface area contributed by atoms with Gasteiger partial charge in [0.25, 0.3) is 0 Å². The smallest absolute Gasteiger partial charge is 0.244 e. The highest BCUT2D eigenvalue weighted by Gasteiger charge is 2.14. The molecule has 1 aromatic carbocycles. The number of amides is 2. The molecule has 0 aromatic heterocycles. The Balaban J connectivity index is 2.74. The van der Waals surface area contributed by atoms with Crippen molar-refractivity contribution in [3.63, 3.8) is 0 Å². The van der Waals surface area contributed by atoms with E-state index in [1.807, 2.05) is 32.9 Å². The Morgan fingerprint density at radius 3 is 2.19 bits per heavy atom. The lowest BCUT2D eigenvalue weighted by Crippen LogP contribution is -2.37. The van der Waals surface area contributed by atoms with Gasteiger partial charge in [-0.25, -0.2) is 0 Å². The molecule has 0 atom stereocenters. The van der Waals surface area contributed by atoms with Crippen LogP contribution in [0.1, 0.15) is 43.4 Å². The number of rotatable bonds is 6. The molecule has 21 heavy (non-hydrogen) atoms. The van der Waals surface area contributed by atoms with Crippen LogP contribution in [0.4, 0.5) is 5.69 Å². The van der Waals surface area contributed by atoms with Gasteiger partial charge in [0.2, 0.25) is 11.8 Å². The van der Waals surface area contributed by atoms with Gasteiger partial charge in [0.1, 0.15) is 0 Å². The lowest BCUT2D eigenvalue weighted by molar-refractivity contribution is -0.132. The molecule has 1 aromatic rings. The van der Waals surface area contributed by atoms with Gasteiger partial charge in [-0.2, -0.15) is 0 Å². The Morgan fingerprint density at radius 2 is 1.71 bits per heavy atom. The molecule has 0 unspecified atom stereocenters. The predicted octanol–water partition coefficient (Wildman–Crippen LogP) is 3.20. The van der Waals surface area contributed by atoms with E-state index in [9.17, 15) is 9.59 Å². The number of carbonyl (C=O) groups is 2. The van der Waals surface area contributed by atoms with Crippen molar-refractivity contribution in [1.29, 1.82) is 0 Å². The molecule has 0 fully saturated rings. The Labute approximate surface area is 127 Å². The van der Waals surface area contributed by atoms with Crippen LogP contribution in [0, 0.1) is 20.8 Å². The van der Waals surface area contributed by atoms with E-state index in [4.69, 9.17) is 0 Å². The predicted molar refractivity (Wildman–Crippen MR) is 86.4 cm³/mol. The van der Waals surface area contributed by atoms with E-state index in [0.717, 1.165) is 29.7 Å². The zero-order chi connectivity index (χ0) is 16.0. The summed E-state index contributed by atoms with van der Waals surface area (Å²) in [6.45, 7) is 10.3. The highest BCUT2D eigenvalue weighted by molar-refractivity contribution is 5.95. The van der Waals surface area contributed by atoms with Gasteiger partial charge in [-0.15, -0.1) is 0 Å². The fourth-order valence-electron chi connectivity index (χ4n) is 2.43. The molecule has 0 radical (unpaired) electrons. The maximum Gasteiger partial charge on any atom is 0.244 e. The van der Waals surface area contributed by atoms with Crippen molar-refractivity contribution in [3.05, 3.63) is 28.8 Å². The average Bonchev–Trinajstić information content (AvgIpc) is 2.38. The van der Waals surface area contributed by atoms with Gasteiger partial charge in [-0.1, -0.05) is 31.0 Å². The van der Waals surface area contributed by atoms with Crippen LogP contribution in [0.2, 0.25) is 0 Å². The third-order valence-corrected chi connectivity index (χ3v) is 3.50. The number of anilines is 1. The summed E-state index contributed by atoms with van der Waals surface area (Å²) in [4.78, 5) is 25.3. The molecule has 0 saturated carbocycles. The van der Waals surface area contributed by atoms with Crippen LogP contribution in [0.3, 0.4) is 0 Å². The number of aryl methyl sites for hydroxylation is 3. The fourth-order valence-corrected chi connectivity index (χ4v) is 2.43. The molecule has 0 heterocycles. The largest absolute Gasteiger partial charge is 0.334 e. The second-order valence-electron chi connectivity index (χ2n) is 5.62. The fraction of sp³-hybridized carbons (Fsp3) is 0.529. The number of hydrogen-bond acceptors (Lipinski definition) is 2. The number of carbonyl (C=O) groups excluding carboxylic acids is 2. The Morgan fingerprint density at radius 1 is 1.14 bits per heavy atom. The Bertz CT molecular complexity index is 501. The summed E-state index contributed by atoms with van der Waals surface area (Å²) in [7, 11) is 0. The quantitative estimate of drug-likeness (QED) is 0.874. The van der Waals surface area contributed by atoms with Crippen molar-refractivity contribution >= 4 is 17.5 Å². The van der Waals surface area contributed by atoms with Gasteiger partial charge in [-0.05, 0) is 38.3 Å². The monoisotopic (exact) mass is 290 g/mol. The molecule has 0 aliphatic heterocycles. The van der Waals surface area contributed by atoms with Crippen LogP contribution in [0.15, 0.2) is 12.1 Å². The summed E-state index contributed by atoms with van der Waals surface area (Å²) in [6, 6.07) is 4.09. The van der Waals surface area contributed by atoms with Gasteiger partial charge < -0.3 is 10.2 Å². The normalized spacial score (nSPS) is 10.3. The van der Waals surface area contributed by atoms with E-state index in [2.05, 4.69) is 12.2 Å². The van der Waals surface area contributed by atoms with Crippen LogP contribution in [0.25, 0.3) is 0 Å². The van der Waals surface area contributed by atoms with Gasteiger partial charge in [0, 0.05) is 19.2 Å². The van der Waals surface area contributed by atoms with E-state index in [1.165, 1.54) is 12.5 Å². The summed E-state index contributed by atoms with van der Waals surface area (Å²) in [5.41, 5.74) is 4.12. The molecule has 1 N–H and O–H groups in total. The molecule has 0 bridgehead atoms. The van der Waals surface area contributed by atoms with Crippen LogP contribution in [0.5, 0.6) is 0 Å². The maximum atomic E-state index is 12.2. The highest BCUT2D eigenvalue weighted by Crippen LogP contribution is 2.21. The number of hydrogen-bond donors (Lipinski definition) is 1. The maximum absolute atomic E-state index is 12.2. The van der Waals surface area contributed by atoms with E-state index in [0.29, 0.717) is 6.54 Å². The second-order valence-corrected chi connectivity index (χ2v) is 5.62. The molecule has 0 spiro atoms. The minimum absolute atomic E-state index is 0.0593. The summed E-state index contributed by atoms with van der Waals surface area (Å²) < 4.78 is 0. The lowest BCUT2D eigenvalue weighted by atomic mass is 10.1. The first kappa shape index (κ1) is 17.2. The van der Waals surface area contributed by atoms with E-state index in [-0.39, 0.29) is 18.4 Å². The van der Waals surface area contributed by atoms with E-state index in [1.54, 1.807) is 4.90 Å². The van der Waals surface area contributed by atoms with Crippen LogP contribution in [-0.4, -0.2) is 29.8 Å². The lowest BCUT2D eigenvalue weighted by Gasteiger charge is -2.21. The Hall–Kier alpha value is -1.84. The molecule has 116 valence electrons. The number of unbranched alkanes of at least 4 members (excludes halogenated alkanes) is 1. The molecule has 1 rings (SSSR count). The molecule has 0 aliphatic rings. The SMILES string of the molecule is CCCCN(CC(=O)Nc1c(C)cc(C)cc1C)C(C)=O. The van der Waals surface area contributed by atoms with Crippen molar-refractivity contribution in [1.82, 2.24) is 4.90 Å². The number of benzene rings is 1. The summed E-state index contributed by atoms with van der Waals surface area (Å²) in [6.07, 6.45) is 1.91. The van der Waals surface area contributed by atoms with Crippen molar-refractivity contribution in [3.8, 4) is 0 Å². The summed E-state index contributed by atoms with van der Waals surface area (Å²) >= 11 is 0. The third kappa shape index (κ3) is 5.21. The number of nitrogens with zero attached hydrogens (tertiary/aromatic N) is 1. The zero-order valence-electron chi connectivity index (χ0n) is 13.7. The second kappa shape index (κ2) is 7.81. The first-order valence-corrected chi connectivity index (χ1v) is 7.48. The molecule has 2 amide bonds. The van der Waals surface area contributed by atoms with Crippen molar-refractivity contribution < 1.29 is 9.59 Å². The van der Waals surface area contributed by atoms with E-state index >= 15 is 0 Å². The average molecular weight is 290 g/mol. The minimum Gasteiger partial charge on any atom is -0.334 e. The molecule has 0 aliphatic carbocycles. The van der Waals surface area contributed by atoms with Gasteiger partial charge >= 0.3 is 0 Å². The molecular formula is C17H26N2O2. The first-order valence-electron chi connectivity index (χ1n) is 7.48. The summed E-state index contributed by atoms with van der Waals surface area (Å²) in [5, 5.41) is 2.93. The van der Waals surface area contributed by atoms with Crippen molar-refractivity contribution in [2.24, 2.45) is 0 Å². The van der Waals surface area contributed by atoms with Crippen LogP contribution in [-0.2, 0) is 9.59 Å².